The van der Waals surface area contributed by atoms with Crippen LogP contribution >= 0.6 is 11.3 Å². The highest BCUT2D eigenvalue weighted by molar-refractivity contribution is 7.08. The average Bonchev–Trinajstić information content (AvgIpc) is 2.94. The third-order valence-corrected chi connectivity index (χ3v) is 3.54. The van der Waals surface area contributed by atoms with Crippen LogP contribution in [0.3, 0.4) is 0 Å². The lowest BCUT2D eigenvalue weighted by molar-refractivity contribution is 0.0992. The van der Waals surface area contributed by atoms with E-state index in [-0.39, 0.29) is 5.78 Å². The molecule has 0 spiro atoms. The van der Waals surface area contributed by atoms with Gasteiger partial charge in [0.2, 0.25) is 0 Å². The van der Waals surface area contributed by atoms with Crippen molar-refractivity contribution in [3.05, 3.63) is 46.2 Å². The molecule has 1 aromatic carbocycles. The molecule has 1 heterocycles. The molecule has 4 heteroatoms. The van der Waals surface area contributed by atoms with Gasteiger partial charge < -0.3 is 9.47 Å². The summed E-state index contributed by atoms with van der Waals surface area (Å²) >= 11 is 1.60. The highest BCUT2D eigenvalue weighted by Gasteiger charge is 2.12. The molecule has 1 aromatic heterocycles. The van der Waals surface area contributed by atoms with Gasteiger partial charge in [0, 0.05) is 12.0 Å². The molecule has 0 radical (unpaired) electrons. The molecule has 0 unspecified atom stereocenters. The molecule has 20 heavy (non-hydrogen) atoms. The summed E-state index contributed by atoms with van der Waals surface area (Å²) in [4.78, 5) is 12.2. The molecule has 0 aliphatic rings. The fourth-order valence-corrected chi connectivity index (χ4v) is 2.57. The molecule has 0 aliphatic carbocycles. The SMILES string of the molecule is CCOc1ccc(C(=O)Cc2ccsc2)cc1OCC. The summed E-state index contributed by atoms with van der Waals surface area (Å²) in [6.07, 6.45) is 0.420. The maximum atomic E-state index is 12.2. The van der Waals surface area contributed by atoms with E-state index >= 15 is 0 Å². The van der Waals surface area contributed by atoms with Crippen LogP contribution in [0.4, 0.5) is 0 Å². The fourth-order valence-electron chi connectivity index (χ4n) is 1.91. The lowest BCUT2D eigenvalue weighted by Crippen LogP contribution is -2.05. The smallest absolute Gasteiger partial charge is 0.167 e. The standard InChI is InChI=1S/C16H18O3S/c1-3-18-15-6-5-13(10-16(15)19-4-2)14(17)9-12-7-8-20-11-12/h5-8,10-11H,3-4,9H2,1-2H3. The van der Waals surface area contributed by atoms with E-state index in [0.717, 1.165) is 5.56 Å². The molecule has 2 rings (SSSR count). The molecule has 0 atom stereocenters. The first-order valence-corrected chi connectivity index (χ1v) is 7.62. The minimum atomic E-state index is 0.0902. The van der Waals surface area contributed by atoms with Crippen LogP contribution in [-0.2, 0) is 6.42 Å². The van der Waals surface area contributed by atoms with Gasteiger partial charge in [0.25, 0.3) is 0 Å². The van der Waals surface area contributed by atoms with Crippen LogP contribution in [0.15, 0.2) is 35.0 Å². The first-order valence-electron chi connectivity index (χ1n) is 6.68. The molecule has 106 valence electrons. The van der Waals surface area contributed by atoms with Crippen molar-refractivity contribution in [2.24, 2.45) is 0 Å². The van der Waals surface area contributed by atoms with Gasteiger partial charge in [0.1, 0.15) is 0 Å². The third-order valence-electron chi connectivity index (χ3n) is 2.81. The van der Waals surface area contributed by atoms with Crippen molar-refractivity contribution in [3.8, 4) is 11.5 Å². The van der Waals surface area contributed by atoms with Crippen LogP contribution in [-0.4, -0.2) is 19.0 Å². The van der Waals surface area contributed by atoms with E-state index in [2.05, 4.69) is 0 Å². The molecule has 0 saturated carbocycles. The van der Waals surface area contributed by atoms with Crippen molar-refractivity contribution in [1.29, 1.82) is 0 Å². The predicted octanol–water partition coefficient (Wildman–Crippen LogP) is 3.97. The molecule has 0 bridgehead atoms. The molecular weight excluding hydrogens is 272 g/mol. The van der Waals surface area contributed by atoms with Crippen molar-refractivity contribution in [3.63, 3.8) is 0 Å². The van der Waals surface area contributed by atoms with Gasteiger partial charge in [-0.15, -0.1) is 0 Å². The Morgan fingerprint density at radius 3 is 2.50 bits per heavy atom. The van der Waals surface area contributed by atoms with Crippen molar-refractivity contribution in [1.82, 2.24) is 0 Å². The number of thiophene rings is 1. The molecule has 0 aliphatic heterocycles. The van der Waals surface area contributed by atoms with E-state index < -0.39 is 0 Å². The van der Waals surface area contributed by atoms with Gasteiger partial charge in [-0.1, -0.05) is 0 Å². The number of benzene rings is 1. The number of hydrogen-bond acceptors (Lipinski definition) is 4. The Labute approximate surface area is 123 Å². The molecule has 0 fully saturated rings. The van der Waals surface area contributed by atoms with Crippen LogP contribution in [0, 0.1) is 0 Å². The Hall–Kier alpha value is -1.81. The van der Waals surface area contributed by atoms with Crippen LogP contribution < -0.4 is 9.47 Å². The molecular formula is C16H18O3S. The van der Waals surface area contributed by atoms with Gasteiger partial charge in [0.05, 0.1) is 13.2 Å². The Morgan fingerprint density at radius 1 is 1.10 bits per heavy atom. The van der Waals surface area contributed by atoms with E-state index in [1.165, 1.54) is 0 Å². The normalized spacial score (nSPS) is 10.3. The van der Waals surface area contributed by atoms with Gasteiger partial charge >= 0.3 is 0 Å². The lowest BCUT2D eigenvalue weighted by Gasteiger charge is -2.12. The van der Waals surface area contributed by atoms with Crippen molar-refractivity contribution in [2.45, 2.75) is 20.3 Å². The molecule has 0 amide bonds. The largest absolute Gasteiger partial charge is 0.490 e. The van der Waals surface area contributed by atoms with Crippen molar-refractivity contribution in [2.75, 3.05) is 13.2 Å². The lowest BCUT2D eigenvalue weighted by atomic mass is 10.0. The summed E-state index contributed by atoms with van der Waals surface area (Å²) in [5, 5.41) is 3.97. The Balaban J connectivity index is 2.19. The van der Waals surface area contributed by atoms with Gasteiger partial charge in [0.15, 0.2) is 17.3 Å². The predicted molar refractivity (Wildman–Crippen MR) is 81.1 cm³/mol. The summed E-state index contributed by atoms with van der Waals surface area (Å²) in [5.74, 6) is 1.40. The van der Waals surface area contributed by atoms with Gasteiger partial charge in [-0.05, 0) is 54.4 Å². The number of Topliss-reactive ketones (excluding diaryl/α,β-unsaturated/α-hetero) is 1. The fraction of sp³-hybridized carbons (Fsp3) is 0.312. The number of ketones is 1. The number of hydrogen-bond donors (Lipinski definition) is 0. The van der Waals surface area contributed by atoms with Crippen LogP contribution in [0.1, 0.15) is 29.8 Å². The first-order chi connectivity index (χ1) is 9.74. The van der Waals surface area contributed by atoms with Gasteiger partial charge in [-0.2, -0.15) is 11.3 Å². The maximum absolute atomic E-state index is 12.2. The topological polar surface area (TPSA) is 35.5 Å². The molecule has 2 aromatic rings. The Kier molecular flexibility index (Phi) is 5.18. The summed E-state index contributed by atoms with van der Waals surface area (Å²) in [6, 6.07) is 7.33. The average molecular weight is 290 g/mol. The summed E-state index contributed by atoms with van der Waals surface area (Å²) in [6.45, 7) is 4.95. The summed E-state index contributed by atoms with van der Waals surface area (Å²) in [5.41, 5.74) is 1.70. The Bertz CT molecular complexity index is 561. The van der Waals surface area contributed by atoms with Crippen molar-refractivity contribution < 1.29 is 14.3 Å². The minimum Gasteiger partial charge on any atom is -0.490 e. The minimum absolute atomic E-state index is 0.0902. The van der Waals surface area contributed by atoms with E-state index in [4.69, 9.17) is 9.47 Å². The van der Waals surface area contributed by atoms with E-state index in [9.17, 15) is 4.79 Å². The van der Waals surface area contributed by atoms with Gasteiger partial charge in [-0.3, -0.25) is 4.79 Å². The summed E-state index contributed by atoms with van der Waals surface area (Å²) < 4.78 is 11.0. The quantitative estimate of drug-likeness (QED) is 0.724. The van der Waals surface area contributed by atoms with E-state index in [1.807, 2.05) is 30.7 Å². The highest BCUT2D eigenvalue weighted by atomic mass is 32.1. The molecule has 0 N–H and O–H groups in total. The van der Waals surface area contributed by atoms with Crippen LogP contribution in [0.2, 0.25) is 0 Å². The number of carbonyl (C=O) groups is 1. The van der Waals surface area contributed by atoms with Crippen LogP contribution in [0.25, 0.3) is 0 Å². The molecule has 3 nitrogen and oxygen atoms in total. The molecule has 0 saturated heterocycles. The number of rotatable bonds is 7. The zero-order valence-corrected chi connectivity index (χ0v) is 12.5. The van der Waals surface area contributed by atoms with Crippen molar-refractivity contribution >= 4 is 17.1 Å². The number of carbonyl (C=O) groups excluding carboxylic acids is 1. The monoisotopic (exact) mass is 290 g/mol. The summed E-state index contributed by atoms with van der Waals surface area (Å²) in [7, 11) is 0. The Morgan fingerprint density at radius 2 is 1.85 bits per heavy atom. The first kappa shape index (κ1) is 14.6. The van der Waals surface area contributed by atoms with Gasteiger partial charge in [-0.25, -0.2) is 0 Å². The zero-order valence-electron chi connectivity index (χ0n) is 11.7. The van der Waals surface area contributed by atoms with Crippen LogP contribution in [0.5, 0.6) is 11.5 Å². The number of ether oxygens (including phenoxy) is 2. The second-order valence-corrected chi connectivity index (χ2v) is 5.04. The zero-order chi connectivity index (χ0) is 14.4. The highest BCUT2D eigenvalue weighted by Crippen LogP contribution is 2.29. The third kappa shape index (κ3) is 3.61. The maximum Gasteiger partial charge on any atom is 0.167 e. The van der Waals surface area contributed by atoms with E-state index in [0.29, 0.717) is 36.7 Å². The second kappa shape index (κ2) is 7.10. The second-order valence-electron chi connectivity index (χ2n) is 4.26. The van der Waals surface area contributed by atoms with E-state index in [1.54, 1.807) is 29.5 Å².